The van der Waals surface area contributed by atoms with Gasteiger partial charge in [0.05, 0.1) is 10.0 Å². The first kappa shape index (κ1) is 12.9. The quantitative estimate of drug-likeness (QED) is 0.849. The Morgan fingerprint density at radius 1 is 1.35 bits per heavy atom. The molecule has 0 aromatic heterocycles. The Bertz CT molecular complexity index is 414. The van der Waals surface area contributed by atoms with Gasteiger partial charge < -0.3 is 5.32 Å². The van der Waals surface area contributed by atoms with Crippen molar-refractivity contribution in [2.45, 2.75) is 19.3 Å². The Balaban J connectivity index is 1.92. The van der Waals surface area contributed by atoms with Crippen LogP contribution < -0.4 is 5.32 Å². The maximum Gasteiger partial charge on any atom is 0.162 e. The molecule has 17 heavy (non-hydrogen) atoms. The minimum absolute atomic E-state index is 0.149. The van der Waals surface area contributed by atoms with Crippen molar-refractivity contribution in [1.29, 1.82) is 0 Å². The summed E-state index contributed by atoms with van der Waals surface area (Å²) in [5.41, 5.74) is 0.658. The van der Waals surface area contributed by atoms with Crippen LogP contribution in [-0.2, 0) is 0 Å². The highest BCUT2D eigenvalue weighted by molar-refractivity contribution is 6.42. The van der Waals surface area contributed by atoms with E-state index in [1.807, 2.05) is 0 Å². The first-order valence-electron chi connectivity index (χ1n) is 5.86. The molecule has 2 nitrogen and oxygen atoms in total. The second kappa shape index (κ2) is 5.85. The zero-order valence-corrected chi connectivity index (χ0v) is 11.0. The van der Waals surface area contributed by atoms with Crippen molar-refractivity contribution in [2.24, 2.45) is 5.92 Å². The predicted octanol–water partition coefficient (Wildman–Crippen LogP) is 3.57. The fraction of sp³-hybridized carbons (Fsp3) is 0.462. The molecule has 1 saturated heterocycles. The maximum absolute atomic E-state index is 11.9. The van der Waals surface area contributed by atoms with Gasteiger partial charge in [-0.2, -0.15) is 0 Å². The van der Waals surface area contributed by atoms with E-state index < -0.39 is 0 Å². The summed E-state index contributed by atoms with van der Waals surface area (Å²) in [5, 5.41) is 4.24. The molecule has 1 atom stereocenters. The van der Waals surface area contributed by atoms with Crippen molar-refractivity contribution in [3.05, 3.63) is 33.8 Å². The average molecular weight is 272 g/mol. The molecule has 1 aliphatic rings. The SMILES string of the molecule is O=C(CCC1CCNC1)c1ccc(Cl)c(Cl)c1. The molecular formula is C13H15Cl2NO. The van der Waals surface area contributed by atoms with Crippen molar-refractivity contribution < 1.29 is 4.79 Å². The number of rotatable bonds is 4. The van der Waals surface area contributed by atoms with Crippen LogP contribution in [-0.4, -0.2) is 18.9 Å². The van der Waals surface area contributed by atoms with Crippen molar-refractivity contribution in [1.82, 2.24) is 5.32 Å². The van der Waals surface area contributed by atoms with Crippen LogP contribution in [0.5, 0.6) is 0 Å². The molecule has 1 aliphatic heterocycles. The fourth-order valence-electron chi connectivity index (χ4n) is 2.11. The van der Waals surface area contributed by atoms with Gasteiger partial charge in [0.25, 0.3) is 0 Å². The van der Waals surface area contributed by atoms with E-state index in [2.05, 4.69) is 5.32 Å². The number of nitrogens with one attached hydrogen (secondary N) is 1. The first-order chi connectivity index (χ1) is 8.16. The number of Topliss-reactive ketones (excluding diaryl/α,β-unsaturated/α-hetero) is 1. The summed E-state index contributed by atoms with van der Waals surface area (Å²) < 4.78 is 0. The number of benzene rings is 1. The van der Waals surface area contributed by atoms with Crippen LogP contribution >= 0.6 is 23.2 Å². The Kier molecular flexibility index (Phi) is 4.43. The van der Waals surface area contributed by atoms with Crippen LogP contribution in [0.2, 0.25) is 10.0 Å². The van der Waals surface area contributed by atoms with Crippen molar-refractivity contribution >= 4 is 29.0 Å². The van der Waals surface area contributed by atoms with E-state index in [1.165, 1.54) is 6.42 Å². The summed E-state index contributed by atoms with van der Waals surface area (Å²) in [6.07, 6.45) is 2.71. The van der Waals surface area contributed by atoms with Gasteiger partial charge in [-0.15, -0.1) is 0 Å². The first-order valence-corrected chi connectivity index (χ1v) is 6.61. The molecule has 1 aromatic carbocycles. The summed E-state index contributed by atoms with van der Waals surface area (Å²) in [4.78, 5) is 11.9. The summed E-state index contributed by atoms with van der Waals surface area (Å²) in [6, 6.07) is 5.07. The highest BCUT2D eigenvalue weighted by Crippen LogP contribution is 2.24. The maximum atomic E-state index is 11.9. The molecule has 1 aromatic rings. The van der Waals surface area contributed by atoms with Crippen LogP contribution in [0.25, 0.3) is 0 Å². The zero-order valence-electron chi connectivity index (χ0n) is 9.51. The second-order valence-electron chi connectivity index (χ2n) is 4.45. The van der Waals surface area contributed by atoms with Crippen LogP contribution in [0.1, 0.15) is 29.6 Å². The molecule has 1 unspecified atom stereocenters. The van der Waals surface area contributed by atoms with Crippen LogP contribution in [0.15, 0.2) is 18.2 Å². The lowest BCUT2D eigenvalue weighted by Crippen LogP contribution is -2.10. The number of ketones is 1. The van der Waals surface area contributed by atoms with Gasteiger partial charge in [0, 0.05) is 12.0 Å². The van der Waals surface area contributed by atoms with Crippen molar-refractivity contribution in [3.63, 3.8) is 0 Å². The molecule has 1 N–H and O–H groups in total. The minimum Gasteiger partial charge on any atom is -0.316 e. The van der Waals surface area contributed by atoms with E-state index in [4.69, 9.17) is 23.2 Å². The van der Waals surface area contributed by atoms with Crippen molar-refractivity contribution in [2.75, 3.05) is 13.1 Å². The molecule has 1 heterocycles. The normalized spacial score (nSPS) is 19.5. The van der Waals surface area contributed by atoms with Crippen LogP contribution in [0, 0.1) is 5.92 Å². The van der Waals surface area contributed by atoms with Crippen LogP contribution in [0.3, 0.4) is 0 Å². The van der Waals surface area contributed by atoms with E-state index in [-0.39, 0.29) is 5.78 Å². The minimum atomic E-state index is 0.149. The summed E-state index contributed by atoms with van der Waals surface area (Å²) >= 11 is 11.7. The summed E-state index contributed by atoms with van der Waals surface area (Å²) in [7, 11) is 0. The van der Waals surface area contributed by atoms with Crippen molar-refractivity contribution in [3.8, 4) is 0 Å². The largest absolute Gasteiger partial charge is 0.316 e. The van der Waals surface area contributed by atoms with E-state index >= 15 is 0 Å². The average Bonchev–Trinajstić information content (AvgIpc) is 2.82. The fourth-order valence-corrected chi connectivity index (χ4v) is 2.41. The second-order valence-corrected chi connectivity index (χ2v) is 5.26. The van der Waals surface area contributed by atoms with Gasteiger partial charge in [-0.3, -0.25) is 4.79 Å². The molecule has 0 aliphatic carbocycles. The highest BCUT2D eigenvalue weighted by atomic mass is 35.5. The standard InChI is InChI=1S/C13H15Cl2NO/c14-11-3-2-10(7-12(11)15)13(17)4-1-9-5-6-16-8-9/h2-3,7,9,16H,1,4-6,8H2. The van der Waals surface area contributed by atoms with Crippen LogP contribution in [0.4, 0.5) is 0 Å². The molecule has 0 saturated carbocycles. The number of hydrogen-bond donors (Lipinski definition) is 1. The third kappa shape index (κ3) is 3.44. The third-order valence-electron chi connectivity index (χ3n) is 3.18. The molecule has 92 valence electrons. The predicted molar refractivity (Wildman–Crippen MR) is 71.0 cm³/mol. The third-order valence-corrected chi connectivity index (χ3v) is 3.92. The summed E-state index contributed by atoms with van der Waals surface area (Å²) in [5.74, 6) is 0.789. The molecule has 0 spiro atoms. The Morgan fingerprint density at radius 2 is 2.18 bits per heavy atom. The molecular weight excluding hydrogens is 257 g/mol. The molecule has 1 fully saturated rings. The smallest absolute Gasteiger partial charge is 0.162 e. The van der Waals surface area contributed by atoms with Gasteiger partial charge in [-0.05, 0) is 50.0 Å². The summed E-state index contributed by atoms with van der Waals surface area (Å²) in [6.45, 7) is 2.11. The van der Waals surface area contributed by atoms with Gasteiger partial charge in [0.2, 0.25) is 0 Å². The number of carbonyl (C=O) groups excluding carboxylic acids is 1. The van der Waals surface area contributed by atoms with Gasteiger partial charge in [-0.25, -0.2) is 0 Å². The Morgan fingerprint density at radius 3 is 2.82 bits per heavy atom. The lowest BCUT2D eigenvalue weighted by Gasteiger charge is -2.07. The lowest BCUT2D eigenvalue weighted by molar-refractivity contribution is 0.0974. The Hall–Kier alpha value is -0.570. The van der Waals surface area contributed by atoms with E-state index in [1.54, 1.807) is 18.2 Å². The molecule has 2 rings (SSSR count). The highest BCUT2D eigenvalue weighted by Gasteiger charge is 2.16. The number of hydrogen-bond acceptors (Lipinski definition) is 2. The monoisotopic (exact) mass is 271 g/mol. The molecule has 0 radical (unpaired) electrons. The molecule has 4 heteroatoms. The Labute approximate surface area is 111 Å². The van der Waals surface area contributed by atoms with Gasteiger partial charge in [0.15, 0.2) is 5.78 Å². The van der Waals surface area contributed by atoms with Gasteiger partial charge in [0.1, 0.15) is 0 Å². The zero-order chi connectivity index (χ0) is 12.3. The van der Waals surface area contributed by atoms with E-state index in [0.29, 0.717) is 27.9 Å². The number of halogens is 2. The van der Waals surface area contributed by atoms with Gasteiger partial charge in [-0.1, -0.05) is 23.2 Å². The topological polar surface area (TPSA) is 29.1 Å². The van der Waals surface area contributed by atoms with E-state index in [9.17, 15) is 4.79 Å². The van der Waals surface area contributed by atoms with Gasteiger partial charge >= 0.3 is 0 Å². The van der Waals surface area contributed by atoms with E-state index in [0.717, 1.165) is 19.5 Å². The lowest BCUT2D eigenvalue weighted by atomic mass is 9.98. The molecule has 0 amide bonds. The molecule has 0 bridgehead atoms. The number of carbonyl (C=O) groups is 1.